The summed E-state index contributed by atoms with van der Waals surface area (Å²) in [7, 11) is 1.31. The van der Waals surface area contributed by atoms with Gasteiger partial charge in [-0.2, -0.15) is 5.10 Å². The van der Waals surface area contributed by atoms with Crippen LogP contribution in [-0.2, 0) is 9.53 Å². The molecule has 7 heteroatoms. The van der Waals surface area contributed by atoms with Crippen LogP contribution in [0.5, 0.6) is 0 Å². The predicted molar refractivity (Wildman–Crippen MR) is 58.4 cm³/mol. The van der Waals surface area contributed by atoms with E-state index in [-0.39, 0.29) is 23.6 Å². The molecule has 0 radical (unpaired) electrons. The number of hydrogen-bond acceptors (Lipinski definition) is 5. The molecule has 7 nitrogen and oxygen atoms in total. The summed E-state index contributed by atoms with van der Waals surface area (Å²) in [6.07, 6.45) is 0.734. The molecule has 0 aliphatic rings. The summed E-state index contributed by atoms with van der Waals surface area (Å²) in [4.78, 5) is 32.9. The van der Waals surface area contributed by atoms with E-state index in [1.54, 1.807) is 0 Å². The van der Waals surface area contributed by atoms with Crippen molar-refractivity contribution >= 4 is 11.9 Å². The minimum atomic E-state index is -0.397. The number of rotatable bonds is 5. The average Bonchev–Trinajstić information content (AvgIpc) is 2.34. The molecular formula is C10H13N3O4. The van der Waals surface area contributed by atoms with Crippen LogP contribution >= 0.6 is 0 Å². The first-order valence-electron chi connectivity index (χ1n) is 5.04. The van der Waals surface area contributed by atoms with Gasteiger partial charge >= 0.3 is 5.97 Å². The third-order valence-corrected chi connectivity index (χ3v) is 1.98. The van der Waals surface area contributed by atoms with Gasteiger partial charge in [0.25, 0.3) is 11.5 Å². The van der Waals surface area contributed by atoms with Gasteiger partial charge in [-0.1, -0.05) is 0 Å². The SMILES string of the molecule is COC(=O)CCCNC(=O)c1ccc(=O)[nH]n1. The van der Waals surface area contributed by atoms with E-state index in [2.05, 4.69) is 20.3 Å². The molecule has 0 spiro atoms. The topological polar surface area (TPSA) is 101 Å². The van der Waals surface area contributed by atoms with E-state index in [0.717, 1.165) is 0 Å². The quantitative estimate of drug-likeness (QED) is 0.530. The number of aromatic nitrogens is 2. The summed E-state index contributed by atoms with van der Waals surface area (Å²) in [6.45, 7) is 0.342. The predicted octanol–water partition coefficient (Wildman–Crippen LogP) is -0.547. The van der Waals surface area contributed by atoms with Crippen LogP contribution in [-0.4, -0.2) is 35.7 Å². The Labute approximate surface area is 97.2 Å². The lowest BCUT2D eigenvalue weighted by atomic mass is 10.3. The molecule has 1 aromatic heterocycles. The molecule has 2 N–H and O–H groups in total. The lowest BCUT2D eigenvalue weighted by Crippen LogP contribution is -2.27. The first kappa shape index (κ1) is 12.9. The van der Waals surface area contributed by atoms with Crippen molar-refractivity contribution in [1.29, 1.82) is 0 Å². The van der Waals surface area contributed by atoms with E-state index in [0.29, 0.717) is 13.0 Å². The second kappa shape index (κ2) is 6.41. The third kappa shape index (κ3) is 4.45. The van der Waals surface area contributed by atoms with Gasteiger partial charge in [0.1, 0.15) is 5.69 Å². The Morgan fingerprint density at radius 1 is 1.47 bits per heavy atom. The number of nitrogens with one attached hydrogen (secondary N) is 2. The van der Waals surface area contributed by atoms with E-state index >= 15 is 0 Å². The molecule has 0 aliphatic heterocycles. The summed E-state index contributed by atoms with van der Waals surface area (Å²) < 4.78 is 4.45. The van der Waals surface area contributed by atoms with Crippen molar-refractivity contribution in [3.8, 4) is 0 Å². The second-order valence-corrected chi connectivity index (χ2v) is 3.24. The van der Waals surface area contributed by atoms with Crippen molar-refractivity contribution < 1.29 is 14.3 Å². The fourth-order valence-corrected chi connectivity index (χ4v) is 1.10. The summed E-state index contributed by atoms with van der Waals surface area (Å²) in [5.74, 6) is -0.715. The van der Waals surface area contributed by atoms with E-state index in [4.69, 9.17) is 0 Å². The molecule has 1 rings (SSSR count). The number of H-pyrrole nitrogens is 1. The smallest absolute Gasteiger partial charge is 0.305 e. The summed E-state index contributed by atoms with van der Waals surface area (Å²) in [5, 5.41) is 8.29. The van der Waals surface area contributed by atoms with Gasteiger partial charge in [0.2, 0.25) is 0 Å². The summed E-state index contributed by atoms with van der Waals surface area (Å²) in [5.41, 5.74) is -0.241. The van der Waals surface area contributed by atoms with Crippen molar-refractivity contribution in [3.05, 3.63) is 28.2 Å². The molecule has 0 unspecified atom stereocenters. The Bertz CT molecular complexity index is 435. The number of aromatic amines is 1. The highest BCUT2D eigenvalue weighted by Gasteiger charge is 2.06. The van der Waals surface area contributed by atoms with Gasteiger partial charge in [0.15, 0.2) is 0 Å². The lowest BCUT2D eigenvalue weighted by molar-refractivity contribution is -0.140. The molecular weight excluding hydrogens is 226 g/mol. The Hall–Kier alpha value is -2.18. The normalized spacial score (nSPS) is 9.71. The molecule has 1 aromatic rings. The number of hydrogen-bond donors (Lipinski definition) is 2. The molecule has 0 fully saturated rings. The number of amides is 1. The maximum absolute atomic E-state index is 11.5. The first-order chi connectivity index (χ1) is 8.13. The molecule has 0 aliphatic carbocycles. The molecule has 0 bridgehead atoms. The Morgan fingerprint density at radius 2 is 2.24 bits per heavy atom. The van der Waals surface area contributed by atoms with Crippen LogP contribution in [0.25, 0.3) is 0 Å². The molecule has 0 aromatic carbocycles. The highest BCUT2D eigenvalue weighted by Crippen LogP contribution is 1.92. The van der Waals surface area contributed by atoms with Crippen LogP contribution in [0.2, 0.25) is 0 Å². The Morgan fingerprint density at radius 3 is 2.82 bits per heavy atom. The zero-order chi connectivity index (χ0) is 12.7. The van der Waals surface area contributed by atoms with Crippen molar-refractivity contribution in [2.45, 2.75) is 12.8 Å². The lowest BCUT2D eigenvalue weighted by Gasteiger charge is -2.03. The van der Waals surface area contributed by atoms with Crippen LogP contribution in [0, 0.1) is 0 Å². The van der Waals surface area contributed by atoms with Gasteiger partial charge in [-0.25, -0.2) is 5.10 Å². The van der Waals surface area contributed by atoms with Gasteiger partial charge < -0.3 is 10.1 Å². The minimum Gasteiger partial charge on any atom is -0.469 e. The van der Waals surface area contributed by atoms with Crippen LogP contribution in [0.4, 0.5) is 0 Å². The van der Waals surface area contributed by atoms with E-state index < -0.39 is 5.91 Å². The molecule has 1 amide bonds. The van der Waals surface area contributed by atoms with Crippen LogP contribution in [0.3, 0.4) is 0 Å². The number of nitrogens with zero attached hydrogens (tertiary/aromatic N) is 1. The Balaban J connectivity index is 2.33. The fourth-order valence-electron chi connectivity index (χ4n) is 1.10. The maximum Gasteiger partial charge on any atom is 0.305 e. The molecule has 0 saturated carbocycles. The van der Waals surface area contributed by atoms with Crippen LogP contribution in [0.1, 0.15) is 23.3 Å². The van der Waals surface area contributed by atoms with Crippen LogP contribution < -0.4 is 10.9 Å². The van der Waals surface area contributed by atoms with Gasteiger partial charge in [-0.05, 0) is 12.5 Å². The number of carbonyl (C=O) groups is 2. The number of methoxy groups -OCH3 is 1. The maximum atomic E-state index is 11.5. The van der Waals surface area contributed by atoms with Crippen molar-refractivity contribution in [2.24, 2.45) is 0 Å². The van der Waals surface area contributed by atoms with Crippen molar-refractivity contribution in [3.63, 3.8) is 0 Å². The van der Waals surface area contributed by atoms with Crippen molar-refractivity contribution in [1.82, 2.24) is 15.5 Å². The third-order valence-electron chi connectivity index (χ3n) is 1.98. The van der Waals surface area contributed by atoms with Crippen molar-refractivity contribution in [2.75, 3.05) is 13.7 Å². The Kier molecular flexibility index (Phi) is 4.86. The summed E-state index contributed by atoms with van der Waals surface area (Å²) >= 11 is 0. The monoisotopic (exact) mass is 239 g/mol. The molecule has 0 saturated heterocycles. The molecule has 92 valence electrons. The zero-order valence-corrected chi connectivity index (χ0v) is 9.36. The highest BCUT2D eigenvalue weighted by molar-refractivity contribution is 5.91. The van der Waals surface area contributed by atoms with E-state index in [9.17, 15) is 14.4 Å². The van der Waals surface area contributed by atoms with Crippen LogP contribution in [0.15, 0.2) is 16.9 Å². The van der Waals surface area contributed by atoms with E-state index in [1.165, 1.54) is 19.2 Å². The standard InChI is InChI=1S/C10H13N3O4/c1-17-9(15)3-2-6-11-10(16)7-4-5-8(14)13-12-7/h4-5H,2-3,6H2,1H3,(H,11,16)(H,13,14). The minimum absolute atomic E-state index is 0.127. The second-order valence-electron chi connectivity index (χ2n) is 3.24. The van der Waals surface area contributed by atoms with E-state index in [1.807, 2.05) is 0 Å². The highest BCUT2D eigenvalue weighted by atomic mass is 16.5. The molecule has 17 heavy (non-hydrogen) atoms. The molecule has 0 atom stereocenters. The van der Waals surface area contributed by atoms with Gasteiger partial charge in [0.05, 0.1) is 7.11 Å². The van der Waals surface area contributed by atoms with Gasteiger partial charge in [-0.3, -0.25) is 14.4 Å². The number of esters is 1. The molecule has 1 heterocycles. The largest absolute Gasteiger partial charge is 0.469 e. The fraction of sp³-hybridized carbons (Fsp3) is 0.400. The first-order valence-corrected chi connectivity index (χ1v) is 5.04. The average molecular weight is 239 g/mol. The number of carbonyl (C=O) groups excluding carboxylic acids is 2. The van der Waals surface area contributed by atoms with Gasteiger partial charge in [-0.15, -0.1) is 0 Å². The number of ether oxygens (including phenoxy) is 1. The summed E-state index contributed by atoms with van der Waals surface area (Å²) in [6, 6.07) is 2.55. The zero-order valence-electron chi connectivity index (χ0n) is 9.36. The van der Waals surface area contributed by atoms with Gasteiger partial charge in [0, 0.05) is 19.0 Å².